The first-order chi connectivity index (χ1) is 30.5. The summed E-state index contributed by atoms with van der Waals surface area (Å²) in [6, 6.07) is 52.1. The van der Waals surface area contributed by atoms with Gasteiger partial charge in [-0.25, -0.2) is 0 Å². The van der Waals surface area contributed by atoms with Crippen LogP contribution in [0.25, 0.3) is 44.2 Å². The fourth-order valence-electron chi connectivity index (χ4n) is 8.26. The van der Waals surface area contributed by atoms with E-state index in [-0.39, 0.29) is 16.8 Å². The van der Waals surface area contributed by atoms with E-state index in [1.54, 1.807) is 4.90 Å². The van der Waals surface area contributed by atoms with E-state index in [0.29, 0.717) is 11.4 Å². The number of fused-ring (bicyclic) bond motifs is 4. The van der Waals surface area contributed by atoms with Gasteiger partial charge in [-0.1, -0.05) is 194 Å². The molecule has 0 aromatic heterocycles. The first-order valence-electron chi connectivity index (χ1n) is 22.5. The molecule has 0 fully saturated rings. The molecule has 0 saturated heterocycles. The molecule has 9 aromatic rings. The second-order valence-electron chi connectivity index (χ2n) is 13.4. The minimum atomic E-state index is -0.777. The van der Waals surface area contributed by atoms with Crippen molar-refractivity contribution in [1.82, 2.24) is 0 Å². The molecule has 254 valence electrons. The molecule has 0 amide bonds. The van der Waals surface area contributed by atoms with Crippen molar-refractivity contribution < 1.29 is 12.3 Å². The topological polar surface area (TPSA) is 3.24 Å². The van der Waals surface area contributed by atoms with Crippen molar-refractivity contribution in [2.24, 2.45) is 0 Å². The van der Waals surface area contributed by atoms with Crippen molar-refractivity contribution in [2.45, 2.75) is 5.41 Å². The average molecular weight is 697 g/mol. The highest BCUT2D eigenvalue weighted by Gasteiger charge is 2.47. The molecule has 0 unspecified atom stereocenters. The van der Waals surface area contributed by atoms with Crippen LogP contribution < -0.4 is 4.90 Å². The molecule has 0 radical (unpaired) electrons. The molecule has 0 spiro atoms. The van der Waals surface area contributed by atoms with Crippen LogP contribution in [-0.2, 0) is 5.41 Å². The van der Waals surface area contributed by atoms with E-state index in [9.17, 15) is 5.48 Å². The molecule has 0 heterocycles. The number of benzene rings is 9. The Labute approximate surface area is 329 Å². The molecule has 54 heavy (non-hydrogen) atoms. The lowest BCUT2D eigenvalue weighted by Gasteiger charge is -2.34. The Balaban J connectivity index is 1.31. The number of rotatable bonds is 7. The van der Waals surface area contributed by atoms with Gasteiger partial charge in [0.15, 0.2) is 0 Å². The Morgan fingerprint density at radius 1 is 0.407 bits per heavy atom. The molecule has 0 atom stereocenters. The van der Waals surface area contributed by atoms with Crippen molar-refractivity contribution in [3.8, 4) is 33.4 Å². The number of hydrogen-bond acceptors (Lipinski definition) is 1. The van der Waals surface area contributed by atoms with Crippen LogP contribution in [0.15, 0.2) is 224 Å². The third-order valence-electron chi connectivity index (χ3n) is 10.5. The molecule has 0 bridgehead atoms. The lowest BCUT2D eigenvalue weighted by atomic mass is 9.68. The second-order valence-corrected chi connectivity index (χ2v) is 13.4. The summed E-state index contributed by atoms with van der Waals surface area (Å²) in [5, 5.41) is 2.11. The van der Waals surface area contributed by atoms with Gasteiger partial charge in [0.25, 0.3) is 0 Å². The number of hydrogen-bond donors (Lipinski definition) is 0. The van der Waals surface area contributed by atoms with Crippen molar-refractivity contribution >= 4 is 27.8 Å². The smallest absolute Gasteiger partial charge is 0.0714 e. The van der Waals surface area contributed by atoms with Gasteiger partial charge in [-0.2, -0.15) is 0 Å². The third kappa shape index (κ3) is 5.09. The van der Waals surface area contributed by atoms with Crippen LogP contribution in [0.3, 0.4) is 0 Å². The SMILES string of the molecule is [2H]c1c([2H])c([2H])c(-c2c([2H])c([2H])c(N(c3cccc(-c4cccc5ccccc45)c3)c3cccc4c3-c3ccccc3C4(c3ccccc3)c3ccccc3)c([2H])c2[2H])c([2H])c1[2H]. The highest BCUT2D eigenvalue weighted by molar-refractivity contribution is 6.00. The van der Waals surface area contributed by atoms with Gasteiger partial charge in [-0.15, -0.1) is 0 Å². The monoisotopic (exact) mass is 696 g/mol. The molecule has 1 aliphatic carbocycles. The quantitative estimate of drug-likeness (QED) is 0.160. The maximum atomic E-state index is 9.77. The summed E-state index contributed by atoms with van der Waals surface area (Å²) in [4.78, 5) is 1.79. The van der Waals surface area contributed by atoms with Gasteiger partial charge in [0, 0.05) is 16.9 Å². The van der Waals surface area contributed by atoms with E-state index in [0.717, 1.165) is 55.3 Å². The van der Waals surface area contributed by atoms with Gasteiger partial charge in [0.05, 0.1) is 23.4 Å². The lowest BCUT2D eigenvalue weighted by molar-refractivity contribution is 0.768. The highest BCUT2D eigenvalue weighted by atomic mass is 15.1. The summed E-state index contributed by atoms with van der Waals surface area (Å²) >= 11 is 0. The fraction of sp³-hybridized carbons (Fsp3) is 0.0189. The Morgan fingerprint density at radius 2 is 1.00 bits per heavy atom. The number of nitrogens with zero attached hydrogens (tertiary/aromatic N) is 1. The van der Waals surface area contributed by atoms with Gasteiger partial charge in [0.2, 0.25) is 0 Å². The van der Waals surface area contributed by atoms with Crippen LogP contribution in [0.5, 0.6) is 0 Å². The molecule has 0 saturated carbocycles. The van der Waals surface area contributed by atoms with Crippen molar-refractivity contribution in [2.75, 3.05) is 4.90 Å². The Kier molecular flexibility index (Phi) is 5.77. The van der Waals surface area contributed by atoms with Crippen LogP contribution in [0.4, 0.5) is 17.1 Å². The zero-order valence-corrected chi connectivity index (χ0v) is 29.1. The summed E-state index contributed by atoms with van der Waals surface area (Å²) in [7, 11) is 0. The summed E-state index contributed by atoms with van der Waals surface area (Å²) in [5.41, 5.74) is 7.35. The van der Waals surface area contributed by atoms with Crippen LogP contribution in [0.2, 0.25) is 0 Å². The van der Waals surface area contributed by atoms with Gasteiger partial charge in [-0.3, -0.25) is 0 Å². The zero-order valence-electron chi connectivity index (χ0n) is 38.1. The van der Waals surface area contributed by atoms with Gasteiger partial charge in [0.1, 0.15) is 0 Å². The largest absolute Gasteiger partial charge is 0.310 e. The lowest BCUT2D eigenvalue weighted by Crippen LogP contribution is -2.28. The average Bonchev–Trinajstić information content (AvgIpc) is 3.64. The minimum Gasteiger partial charge on any atom is -0.310 e. The summed E-state index contributed by atoms with van der Waals surface area (Å²) in [6.45, 7) is 0. The van der Waals surface area contributed by atoms with E-state index >= 15 is 0 Å². The highest BCUT2D eigenvalue weighted by Crippen LogP contribution is 2.59. The van der Waals surface area contributed by atoms with Crippen LogP contribution in [0.1, 0.15) is 34.6 Å². The van der Waals surface area contributed by atoms with E-state index < -0.39 is 59.8 Å². The standard InChI is InChI=1S/C53H37N/c1-4-17-38(18-5-1)39-33-35-44(36-34-39)54(45-26-14-21-41(37-45)47-29-15-20-40-19-10-11-27-46(40)47)51-32-16-31-50-52(51)48-28-12-13-30-49(48)53(50,42-22-6-2-7-23-42)43-24-8-3-9-25-43/h1-37H/i1D,4D,5D,17D,18D,33D,34D,35D,36D. The van der Waals surface area contributed by atoms with Crippen LogP contribution in [-0.4, -0.2) is 0 Å². The maximum Gasteiger partial charge on any atom is 0.0714 e. The van der Waals surface area contributed by atoms with Crippen LogP contribution in [0, 0.1) is 0 Å². The zero-order chi connectivity index (χ0) is 43.7. The predicted molar refractivity (Wildman–Crippen MR) is 227 cm³/mol. The van der Waals surface area contributed by atoms with Crippen LogP contribution >= 0.6 is 0 Å². The van der Waals surface area contributed by atoms with Crippen molar-refractivity contribution in [3.63, 3.8) is 0 Å². The minimum absolute atomic E-state index is 0.0565. The first-order valence-corrected chi connectivity index (χ1v) is 18.0. The fourth-order valence-corrected chi connectivity index (χ4v) is 8.26. The summed E-state index contributed by atoms with van der Waals surface area (Å²) in [6.07, 6.45) is 0. The van der Waals surface area contributed by atoms with Crippen molar-refractivity contribution in [3.05, 3.63) is 246 Å². The molecular formula is C53H37N. The Morgan fingerprint density at radius 3 is 1.78 bits per heavy atom. The third-order valence-corrected chi connectivity index (χ3v) is 10.5. The van der Waals surface area contributed by atoms with E-state index in [2.05, 4.69) is 66.7 Å². The molecule has 9 aromatic carbocycles. The number of anilines is 3. The normalized spacial score (nSPS) is 14.9. The van der Waals surface area contributed by atoms with Gasteiger partial charge < -0.3 is 4.90 Å². The summed E-state index contributed by atoms with van der Waals surface area (Å²) in [5.74, 6) is 0. The van der Waals surface area contributed by atoms with E-state index in [4.69, 9.17) is 6.85 Å². The molecular weight excluding hydrogens is 651 g/mol. The molecule has 0 N–H and O–H groups in total. The van der Waals surface area contributed by atoms with Gasteiger partial charge in [-0.05, 0) is 91.1 Å². The molecule has 10 rings (SSSR count). The summed E-state index contributed by atoms with van der Waals surface area (Å²) < 4.78 is 80.9. The first kappa shape index (κ1) is 23.6. The van der Waals surface area contributed by atoms with E-state index in [1.807, 2.05) is 103 Å². The van der Waals surface area contributed by atoms with Crippen molar-refractivity contribution in [1.29, 1.82) is 0 Å². The Hall–Kier alpha value is -6.96. The maximum absolute atomic E-state index is 9.77. The second kappa shape index (κ2) is 13.2. The Bertz CT molecular complexity index is 3190. The van der Waals surface area contributed by atoms with E-state index in [1.165, 1.54) is 0 Å². The molecule has 1 nitrogen and oxygen atoms in total. The van der Waals surface area contributed by atoms with Gasteiger partial charge >= 0.3 is 0 Å². The predicted octanol–water partition coefficient (Wildman–Crippen LogP) is 14.0. The molecule has 0 aliphatic heterocycles. The molecule has 1 heteroatoms. The molecule has 1 aliphatic rings.